The minimum absolute atomic E-state index is 0.467. The van der Waals surface area contributed by atoms with Crippen LogP contribution in [0, 0.1) is 0 Å². The first kappa shape index (κ1) is 38.9. The predicted octanol–water partition coefficient (Wildman–Crippen LogP) is -8.32. The molecule has 0 aromatic carbocycles. The third-order valence-electron chi connectivity index (χ3n) is 8.22. The summed E-state index contributed by atoms with van der Waals surface area (Å²) in [6, 6.07) is -1.58. The SMILES string of the molecule is CC(=O)NC1C(O[C@@H]2OC(CO)[C@H](O)C(O)C2O)[C@H](O)C(CO)O[C@H]1OC1C(O)[C@H](O[C@@H]2C(CO)OSC(O)C2O)OC(CO)[C@@H]1O. The van der Waals surface area contributed by atoms with Gasteiger partial charge in [-0.3, -0.25) is 4.79 Å². The lowest BCUT2D eigenvalue weighted by molar-refractivity contribution is -0.371. The molecule has 13 N–H and O–H groups in total. The van der Waals surface area contributed by atoms with Gasteiger partial charge in [-0.05, 0) is 0 Å². The van der Waals surface area contributed by atoms with Gasteiger partial charge in [0.1, 0.15) is 91.5 Å². The van der Waals surface area contributed by atoms with Crippen LogP contribution in [0.15, 0.2) is 0 Å². The molecule has 4 aliphatic heterocycles. The number of carbonyl (C=O) groups is 1. The number of hydrogen-bond donors (Lipinski definition) is 13. The summed E-state index contributed by atoms with van der Waals surface area (Å²) in [4.78, 5) is 12.3. The van der Waals surface area contributed by atoms with Crippen LogP contribution in [0.3, 0.4) is 0 Å². The Morgan fingerprint density at radius 1 is 0.574 bits per heavy atom. The van der Waals surface area contributed by atoms with Gasteiger partial charge in [-0.2, -0.15) is 0 Å². The van der Waals surface area contributed by atoms with E-state index in [2.05, 4.69) is 5.32 Å². The summed E-state index contributed by atoms with van der Waals surface area (Å²) in [6.45, 7) is -2.17. The summed E-state index contributed by atoms with van der Waals surface area (Å²) in [6.07, 6.45) is -28.9. The summed E-state index contributed by atoms with van der Waals surface area (Å²) in [5.74, 6) is -0.746. The molecule has 4 saturated heterocycles. The van der Waals surface area contributed by atoms with Crippen LogP contribution in [0.2, 0.25) is 0 Å². The first-order valence-electron chi connectivity index (χ1n) is 14.7. The molecule has 12 unspecified atom stereocenters. The van der Waals surface area contributed by atoms with Gasteiger partial charge in [0.15, 0.2) is 24.3 Å². The van der Waals surface area contributed by atoms with Gasteiger partial charge in [0, 0.05) is 19.0 Å². The zero-order valence-corrected chi connectivity index (χ0v) is 25.7. The molecule has 274 valence electrons. The molecule has 22 heteroatoms. The quantitative estimate of drug-likeness (QED) is 0.0886. The van der Waals surface area contributed by atoms with E-state index in [4.69, 9.17) is 32.6 Å². The maximum atomic E-state index is 12.3. The first-order valence-corrected chi connectivity index (χ1v) is 15.5. The molecular weight excluding hydrogens is 666 g/mol. The normalized spacial score (nSPS) is 49.4. The number of carbonyl (C=O) groups excluding carboxylic acids is 1. The van der Waals surface area contributed by atoms with E-state index in [1.807, 2.05) is 0 Å². The lowest BCUT2D eigenvalue weighted by atomic mass is 9.94. The van der Waals surface area contributed by atoms with E-state index in [0.29, 0.717) is 12.0 Å². The van der Waals surface area contributed by atoms with Crippen molar-refractivity contribution in [2.75, 3.05) is 26.4 Å². The van der Waals surface area contributed by atoms with Crippen molar-refractivity contribution in [2.45, 2.75) is 123 Å². The van der Waals surface area contributed by atoms with E-state index in [9.17, 15) is 66.1 Å². The molecule has 4 heterocycles. The summed E-state index contributed by atoms with van der Waals surface area (Å²) in [5.41, 5.74) is -1.52. The fraction of sp³-hybridized carbons (Fsp3) is 0.960. The lowest BCUT2D eigenvalue weighted by Crippen LogP contribution is -2.70. The fourth-order valence-corrected chi connectivity index (χ4v) is 6.33. The third kappa shape index (κ3) is 8.34. The Bertz CT molecular complexity index is 1000. The minimum atomic E-state index is -1.98. The minimum Gasteiger partial charge on any atom is -0.394 e. The van der Waals surface area contributed by atoms with Crippen molar-refractivity contribution in [3.63, 3.8) is 0 Å². The molecule has 0 spiro atoms. The van der Waals surface area contributed by atoms with Crippen LogP contribution in [0.1, 0.15) is 6.92 Å². The zero-order valence-electron chi connectivity index (χ0n) is 24.8. The molecule has 0 saturated carbocycles. The smallest absolute Gasteiger partial charge is 0.217 e. The number of ether oxygens (including phenoxy) is 6. The number of aliphatic hydroxyl groups excluding tert-OH is 12. The van der Waals surface area contributed by atoms with Crippen LogP contribution >= 0.6 is 12.0 Å². The molecule has 0 aromatic rings. The monoisotopic (exact) mass is 709 g/mol. The average Bonchev–Trinajstić information content (AvgIpc) is 3.04. The van der Waals surface area contributed by atoms with E-state index >= 15 is 0 Å². The van der Waals surface area contributed by atoms with Crippen molar-refractivity contribution in [1.29, 1.82) is 0 Å². The van der Waals surface area contributed by atoms with Gasteiger partial charge in [-0.25, -0.2) is 0 Å². The van der Waals surface area contributed by atoms with Gasteiger partial charge in [0.2, 0.25) is 5.91 Å². The highest BCUT2D eigenvalue weighted by molar-refractivity contribution is 7.95. The first-order chi connectivity index (χ1) is 22.3. The second kappa shape index (κ2) is 16.8. The Kier molecular flexibility index (Phi) is 13.9. The summed E-state index contributed by atoms with van der Waals surface area (Å²) in [5, 5.41) is 126. The Balaban J connectivity index is 1.61. The maximum absolute atomic E-state index is 12.3. The molecule has 19 atom stereocenters. The second-order valence-electron chi connectivity index (χ2n) is 11.4. The molecule has 4 fully saturated rings. The lowest BCUT2D eigenvalue weighted by Gasteiger charge is -2.50. The van der Waals surface area contributed by atoms with Gasteiger partial charge in [0.05, 0.1) is 26.4 Å². The van der Waals surface area contributed by atoms with Crippen LogP contribution in [0.5, 0.6) is 0 Å². The van der Waals surface area contributed by atoms with Gasteiger partial charge in [-0.15, -0.1) is 0 Å². The highest BCUT2D eigenvalue weighted by Gasteiger charge is 2.55. The summed E-state index contributed by atoms with van der Waals surface area (Å²) in [7, 11) is 0. The van der Waals surface area contributed by atoms with Crippen molar-refractivity contribution in [3.8, 4) is 0 Å². The van der Waals surface area contributed by atoms with Crippen molar-refractivity contribution >= 4 is 17.9 Å². The van der Waals surface area contributed by atoms with Crippen molar-refractivity contribution in [1.82, 2.24) is 5.32 Å². The van der Waals surface area contributed by atoms with Gasteiger partial charge in [-0.1, -0.05) is 0 Å². The van der Waals surface area contributed by atoms with Crippen molar-refractivity contribution in [2.24, 2.45) is 0 Å². The largest absolute Gasteiger partial charge is 0.394 e. The van der Waals surface area contributed by atoms with Crippen LogP contribution in [0.25, 0.3) is 0 Å². The third-order valence-corrected chi connectivity index (χ3v) is 9.05. The zero-order chi connectivity index (χ0) is 34.7. The number of aliphatic hydroxyl groups is 12. The second-order valence-corrected chi connectivity index (χ2v) is 12.3. The molecule has 4 rings (SSSR count). The predicted molar refractivity (Wildman–Crippen MR) is 147 cm³/mol. The fourth-order valence-electron chi connectivity index (χ4n) is 5.63. The number of nitrogens with one attached hydrogen (secondary N) is 1. The highest BCUT2D eigenvalue weighted by atomic mass is 32.2. The molecule has 0 aliphatic carbocycles. The number of amides is 1. The van der Waals surface area contributed by atoms with Crippen LogP contribution in [0.4, 0.5) is 0 Å². The Labute approximate surface area is 271 Å². The summed E-state index contributed by atoms with van der Waals surface area (Å²) < 4.78 is 39.0. The van der Waals surface area contributed by atoms with Crippen LogP contribution in [-0.4, -0.2) is 209 Å². The molecule has 21 nitrogen and oxygen atoms in total. The molecule has 47 heavy (non-hydrogen) atoms. The molecule has 0 bridgehead atoms. The van der Waals surface area contributed by atoms with E-state index < -0.39 is 148 Å². The van der Waals surface area contributed by atoms with E-state index in [0.717, 1.165) is 6.92 Å². The molecule has 0 aromatic heterocycles. The van der Waals surface area contributed by atoms with Crippen molar-refractivity contribution < 1.29 is 98.7 Å². The van der Waals surface area contributed by atoms with Gasteiger partial charge < -0.3 is 99.2 Å². The van der Waals surface area contributed by atoms with E-state index in [1.54, 1.807) is 0 Å². The Hall–Kier alpha value is -0.940. The topological polar surface area (TPSA) is 336 Å². The Morgan fingerprint density at radius 2 is 1.04 bits per heavy atom. The summed E-state index contributed by atoms with van der Waals surface area (Å²) >= 11 is 0.467. The molecule has 4 aliphatic rings. The Morgan fingerprint density at radius 3 is 1.60 bits per heavy atom. The van der Waals surface area contributed by atoms with Gasteiger partial charge in [0.25, 0.3) is 0 Å². The highest BCUT2D eigenvalue weighted by Crippen LogP contribution is 2.35. The molecule has 0 radical (unpaired) electrons. The van der Waals surface area contributed by atoms with Gasteiger partial charge >= 0.3 is 0 Å². The standard InChI is InChI=1S/C25H43NO20S/c1-6(31)26-11-20(44-24-16(36)15(35)12(32)7(2-27)41-24)13(33)8(3-28)40-23(11)45-21-14(34)9(4-29)42-25(18(21)38)43-19-10(5-30)46-47-22(39)17(19)37/h7-25,27-30,32-39H,2-5H2,1H3,(H,26,31)/t7?,8?,9?,10?,11?,12-,13+,14-,15?,16?,17?,18?,19+,20?,21?,22?,23-,24-,25-/m0/s1. The van der Waals surface area contributed by atoms with E-state index in [1.165, 1.54) is 0 Å². The maximum Gasteiger partial charge on any atom is 0.217 e. The van der Waals surface area contributed by atoms with Crippen molar-refractivity contribution in [3.05, 3.63) is 0 Å². The van der Waals surface area contributed by atoms with Crippen LogP contribution < -0.4 is 5.32 Å². The number of rotatable bonds is 11. The average molecular weight is 710 g/mol. The number of hydrogen-bond acceptors (Lipinski definition) is 21. The molecule has 1 amide bonds. The molecular formula is C25H43NO20S. The van der Waals surface area contributed by atoms with Crippen LogP contribution in [-0.2, 0) is 37.4 Å². The van der Waals surface area contributed by atoms with E-state index in [-0.39, 0.29) is 0 Å².